The maximum atomic E-state index is 6.25. The molecule has 0 radical (unpaired) electrons. The van der Waals surface area contributed by atoms with E-state index in [1.165, 1.54) is 29.5 Å². The molecule has 0 saturated carbocycles. The van der Waals surface area contributed by atoms with Gasteiger partial charge in [-0.3, -0.25) is 0 Å². The van der Waals surface area contributed by atoms with Gasteiger partial charge in [0, 0.05) is 16.8 Å². The van der Waals surface area contributed by atoms with Crippen LogP contribution in [0.2, 0.25) is 0 Å². The molecule has 1 aliphatic rings. The monoisotopic (exact) mass is 294 g/mol. The molecule has 21 heavy (non-hydrogen) atoms. The van der Waals surface area contributed by atoms with Crippen molar-refractivity contribution < 1.29 is 4.74 Å². The molecule has 1 unspecified atom stereocenters. The van der Waals surface area contributed by atoms with Crippen molar-refractivity contribution in [3.63, 3.8) is 0 Å². The molecule has 1 fully saturated rings. The molecule has 0 amide bonds. The van der Waals surface area contributed by atoms with Gasteiger partial charge in [-0.05, 0) is 42.0 Å². The minimum atomic E-state index is -0.0462. The van der Waals surface area contributed by atoms with Crippen LogP contribution in [-0.4, -0.2) is 22.1 Å². The van der Waals surface area contributed by atoms with Crippen molar-refractivity contribution in [1.82, 2.24) is 0 Å². The van der Waals surface area contributed by atoms with Gasteiger partial charge in [0.15, 0.2) is 0 Å². The summed E-state index contributed by atoms with van der Waals surface area (Å²) in [5, 5.41) is -0.0462. The normalized spacial score (nSPS) is 23.1. The summed E-state index contributed by atoms with van der Waals surface area (Å²) in [5.41, 5.74) is 3.89. The van der Waals surface area contributed by atoms with Gasteiger partial charge in [-0.2, -0.15) is 0 Å². The molecule has 1 nitrogen and oxygen atoms in total. The van der Waals surface area contributed by atoms with Gasteiger partial charge in [-0.1, -0.05) is 60.7 Å². The van der Waals surface area contributed by atoms with Crippen LogP contribution in [-0.2, 0) is 4.74 Å². The number of rotatable bonds is 3. The first kappa shape index (κ1) is 14.3. The van der Waals surface area contributed by atoms with Crippen LogP contribution in [0, 0.1) is 0 Å². The number of ether oxygens (including phenoxy) is 1. The summed E-state index contributed by atoms with van der Waals surface area (Å²) < 4.78 is 6.25. The molecule has 2 aromatic carbocycles. The van der Waals surface area contributed by atoms with Crippen LogP contribution >= 0.6 is 0 Å². The molecule has 2 heteroatoms. The van der Waals surface area contributed by atoms with Crippen LogP contribution in [0.3, 0.4) is 0 Å². The minimum Gasteiger partial charge on any atom is -0.375 e. The molecule has 1 atom stereocenters. The first-order chi connectivity index (χ1) is 10.3. The van der Waals surface area contributed by atoms with Gasteiger partial charge in [-0.15, -0.1) is 0 Å². The highest BCUT2D eigenvalue weighted by molar-refractivity contribution is 6.23. The molecule has 1 aliphatic heterocycles. The molecule has 0 aliphatic carbocycles. The van der Waals surface area contributed by atoms with Crippen molar-refractivity contribution in [2.24, 2.45) is 0 Å². The van der Waals surface area contributed by atoms with Gasteiger partial charge in [0.1, 0.15) is 0 Å². The lowest BCUT2D eigenvalue weighted by Gasteiger charge is -2.37. The predicted octanol–water partition coefficient (Wildman–Crippen LogP) is 3.49. The summed E-state index contributed by atoms with van der Waals surface area (Å²) in [4.78, 5) is 0. The van der Waals surface area contributed by atoms with E-state index < -0.39 is 0 Å². The van der Waals surface area contributed by atoms with Crippen LogP contribution in [0.25, 0.3) is 11.6 Å². The second-order valence-electron chi connectivity index (χ2n) is 5.87. The van der Waals surface area contributed by atoms with Crippen LogP contribution < -0.4 is 0 Å². The fourth-order valence-corrected chi connectivity index (χ4v) is 4.01. The average molecular weight is 294 g/mol. The van der Waals surface area contributed by atoms with Crippen LogP contribution in [0.5, 0.6) is 0 Å². The average Bonchev–Trinajstić information content (AvgIpc) is 2.55. The SMILES string of the molecule is [SiH3]C1(C(=Cc2ccccc2)c2ccccc2)CCCCO1. The predicted molar refractivity (Wildman–Crippen MR) is 93.2 cm³/mol. The Morgan fingerprint density at radius 1 is 0.952 bits per heavy atom. The standard InChI is InChI=1S/C19H22OSi/c21-19(13-7-8-14-20-19)18(17-11-5-2-6-12-17)15-16-9-3-1-4-10-16/h1-6,9-12,15H,7-8,13-14H2,21H3. The van der Waals surface area contributed by atoms with Crippen molar-refractivity contribution in [2.75, 3.05) is 6.61 Å². The molecular weight excluding hydrogens is 272 g/mol. The largest absolute Gasteiger partial charge is 0.375 e. The molecule has 0 N–H and O–H groups in total. The van der Waals surface area contributed by atoms with Crippen LogP contribution in [0.15, 0.2) is 60.7 Å². The van der Waals surface area contributed by atoms with Gasteiger partial charge in [-0.25, -0.2) is 0 Å². The maximum absolute atomic E-state index is 6.25. The Bertz CT molecular complexity index is 598. The summed E-state index contributed by atoms with van der Waals surface area (Å²) >= 11 is 0. The van der Waals surface area contributed by atoms with Gasteiger partial charge in [0.2, 0.25) is 0 Å². The molecule has 108 valence electrons. The number of benzene rings is 2. The fraction of sp³-hybridized carbons (Fsp3) is 0.263. The Hall–Kier alpha value is -1.64. The topological polar surface area (TPSA) is 9.23 Å². The highest BCUT2D eigenvalue weighted by Crippen LogP contribution is 2.36. The highest BCUT2D eigenvalue weighted by atomic mass is 28.1. The third-order valence-electron chi connectivity index (χ3n) is 4.23. The summed E-state index contributed by atoms with van der Waals surface area (Å²) in [6.07, 6.45) is 5.92. The Kier molecular flexibility index (Phi) is 4.37. The fourth-order valence-electron chi connectivity index (χ4n) is 3.02. The Balaban J connectivity index is 2.05. The van der Waals surface area contributed by atoms with E-state index in [0.29, 0.717) is 0 Å². The van der Waals surface area contributed by atoms with Crippen molar-refractivity contribution in [1.29, 1.82) is 0 Å². The number of hydrogen-bond acceptors (Lipinski definition) is 1. The smallest absolute Gasteiger partial charge is 0.0729 e. The Labute approximate surface area is 130 Å². The van der Waals surface area contributed by atoms with E-state index in [1.54, 1.807) is 0 Å². The molecule has 0 bridgehead atoms. The second kappa shape index (κ2) is 6.42. The third kappa shape index (κ3) is 3.34. The van der Waals surface area contributed by atoms with Crippen LogP contribution in [0.4, 0.5) is 0 Å². The lowest BCUT2D eigenvalue weighted by atomic mass is 9.92. The first-order valence-electron chi connectivity index (χ1n) is 7.75. The van der Waals surface area contributed by atoms with E-state index in [-0.39, 0.29) is 5.22 Å². The van der Waals surface area contributed by atoms with E-state index >= 15 is 0 Å². The van der Waals surface area contributed by atoms with Crippen LogP contribution in [0.1, 0.15) is 30.4 Å². The summed E-state index contributed by atoms with van der Waals surface area (Å²) in [6, 6.07) is 21.3. The van der Waals surface area contributed by atoms with Gasteiger partial charge >= 0.3 is 0 Å². The molecule has 3 rings (SSSR count). The highest BCUT2D eigenvalue weighted by Gasteiger charge is 2.32. The van der Waals surface area contributed by atoms with Crippen molar-refractivity contribution in [3.05, 3.63) is 71.8 Å². The van der Waals surface area contributed by atoms with E-state index in [1.807, 2.05) is 0 Å². The molecular formula is C19H22OSi. The van der Waals surface area contributed by atoms with E-state index in [4.69, 9.17) is 4.74 Å². The summed E-state index contributed by atoms with van der Waals surface area (Å²) in [6.45, 7) is 0.891. The molecule has 1 heterocycles. The zero-order chi connectivity index (χ0) is 14.5. The van der Waals surface area contributed by atoms with Crippen molar-refractivity contribution in [2.45, 2.75) is 24.5 Å². The zero-order valence-corrected chi connectivity index (χ0v) is 14.6. The Morgan fingerprint density at radius 2 is 1.62 bits per heavy atom. The molecule has 1 saturated heterocycles. The molecule has 0 aromatic heterocycles. The van der Waals surface area contributed by atoms with E-state index in [9.17, 15) is 0 Å². The second-order valence-corrected chi connectivity index (χ2v) is 7.49. The quantitative estimate of drug-likeness (QED) is 0.622. The zero-order valence-electron chi connectivity index (χ0n) is 12.6. The van der Waals surface area contributed by atoms with Crippen molar-refractivity contribution in [3.8, 4) is 0 Å². The first-order valence-corrected chi connectivity index (χ1v) is 8.75. The molecule has 0 spiro atoms. The molecule has 2 aromatic rings. The van der Waals surface area contributed by atoms with Gasteiger partial charge in [0.25, 0.3) is 0 Å². The minimum absolute atomic E-state index is 0.0462. The maximum Gasteiger partial charge on any atom is 0.0729 e. The Morgan fingerprint density at radius 3 is 2.24 bits per heavy atom. The van der Waals surface area contributed by atoms with Gasteiger partial charge < -0.3 is 4.74 Å². The lowest BCUT2D eigenvalue weighted by Crippen LogP contribution is -2.38. The van der Waals surface area contributed by atoms with Gasteiger partial charge in [0.05, 0.1) is 5.22 Å². The van der Waals surface area contributed by atoms with Crippen molar-refractivity contribution >= 4 is 21.9 Å². The summed E-state index contributed by atoms with van der Waals surface area (Å²) in [7, 11) is 1.02. The number of hydrogen-bond donors (Lipinski definition) is 0. The van der Waals surface area contributed by atoms with E-state index in [0.717, 1.165) is 23.3 Å². The van der Waals surface area contributed by atoms with E-state index in [2.05, 4.69) is 66.7 Å². The lowest BCUT2D eigenvalue weighted by molar-refractivity contribution is 0.0226. The summed E-state index contributed by atoms with van der Waals surface area (Å²) in [5.74, 6) is 0. The third-order valence-corrected chi connectivity index (χ3v) is 5.56.